The second-order valence-electron chi connectivity index (χ2n) is 3.70. The molecular weight excluding hydrogens is 245 g/mol. The fraction of sp³-hybridized carbons (Fsp3) is 0.231. The van der Waals surface area contributed by atoms with Crippen molar-refractivity contribution < 1.29 is 22.6 Å². The number of alkyl halides is 3. The Kier molecular flexibility index (Phi) is 3.60. The minimum absolute atomic E-state index is 0.0269. The van der Waals surface area contributed by atoms with Crippen LogP contribution in [0.5, 0.6) is 5.75 Å². The average molecular weight is 256 g/mol. The quantitative estimate of drug-likeness (QED) is 0.824. The van der Waals surface area contributed by atoms with E-state index in [1.807, 2.05) is 6.07 Å². The van der Waals surface area contributed by atoms with Crippen LogP contribution in [-0.4, -0.2) is 18.9 Å². The topological polar surface area (TPSA) is 18.5 Å². The molecule has 1 unspecified atom stereocenters. The Balaban J connectivity index is 1.91. The fourth-order valence-electron chi connectivity index (χ4n) is 1.43. The molecule has 0 saturated carbocycles. The van der Waals surface area contributed by atoms with E-state index >= 15 is 0 Å². The van der Waals surface area contributed by atoms with Crippen LogP contribution in [-0.2, 0) is 4.74 Å². The van der Waals surface area contributed by atoms with Gasteiger partial charge in [0.15, 0.2) is 0 Å². The second kappa shape index (κ2) is 5.16. The molecule has 0 fully saturated rings. The lowest BCUT2D eigenvalue weighted by Gasteiger charge is -2.22. The Morgan fingerprint density at radius 2 is 1.89 bits per heavy atom. The molecule has 1 heterocycles. The molecule has 18 heavy (non-hydrogen) atoms. The molecule has 1 aromatic rings. The molecular formula is C13H11F3O2. The van der Waals surface area contributed by atoms with E-state index in [9.17, 15) is 13.2 Å². The highest BCUT2D eigenvalue weighted by atomic mass is 19.4. The van der Waals surface area contributed by atoms with Crippen molar-refractivity contribution >= 4 is 0 Å². The van der Waals surface area contributed by atoms with Crippen LogP contribution < -0.4 is 4.74 Å². The van der Waals surface area contributed by atoms with Crippen LogP contribution in [0.1, 0.15) is 0 Å². The number of halogens is 3. The first-order valence-electron chi connectivity index (χ1n) is 5.34. The van der Waals surface area contributed by atoms with E-state index in [4.69, 9.17) is 9.47 Å². The lowest BCUT2D eigenvalue weighted by molar-refractivity contribution is -0.195. The van der Waals surface area contributed by atoms with Gasteiger partial charge in [0.2, 0.25) is 6.10 Å². The van der Waals surface area contributed by atoms with E-state index in [0.717, 1.165) is 6.08 Å². The SMILES string of the molecule is FC(F)(F)C1C=CC=C(COc2ccccc2)O1. The van der Waals surface area contributed by atoms with Crippen LogP contribution in [0.2, 0.25) is 0 Å². The summed E-state index contributed by atoms with van der Waals surface area (Å²) in [5.41, 5.74) is 0. The zero-order valence-corrected chi connectivity index (χ0v) is 9.35. The normalized spacial score (nSPS) is 19.1. The van der Waals surface area contributed by atoms with E-state index in [1.165, 1.54) is 12.2 Å². The van der Waals surface area contributed by atoms with Crippen molar-refractivity contribution in [1.29, 1.82) is 0 Å². The molecule has 1 atom stereocenters. The highest BCUT2D eigenvalue weighted by Crippen LogP contribution is 2.28. The van der Waals surface area contributed by atoms with Gasteiger partial charge < -0.3 is 9.47 Å². The fourth-order valence-corrected chi connectivity index (χ4v) is 1.43. The van der Waals surface area contributed by atoms with E-state index in [1.54, 1.807) is 24.3 Å². The minimum atomic E-state index is -4.40. The molecule has 1 aliphatic heterocycles. The van der Waals surface area contributed by atoms with Gasteiger partial charge >= 0.3 is 6.18 Å². The van der Waals surface area contributed by atoms with Gasteiger partial charge in [-0.05, 0) is 24.3 Å². The third kappa shape index (κ3) is 3.29. The average Bonchev–Trinajstić information content (AvgIpc) is 2.37. The van der Waals surface area contributed by atoms with E-state index < -0.39 is 12.3 Å². The highest BCUT2D eigenvalue weighted by molar-refractivity contribution is 5.22. The molecule has 2 rings (SSSR count). The van der Waals surface area contributed by atoms with E-state index in [2.05, 4.69) is 0 Å². The smallest absolute Gasteiger partial charge is 0.429 e. The maximum atomic E-state index is 12.4. The van der Waals surface area contributed by atoms with Crippen LogP contribution in [0.15, 0.2) is 54.3 Å². The van der Waals surface area contributed by atoms with Crippen molar-refractivity contribution in [3.63, 3.8) is 0 Å². The van der Waals surface area contributed by atoms with Crippen LogP contribution in [0, 0.1) is 0 Å². The molecule has 0 amide bonds. The predicted molar refractivity (Wildman–Crippen MR) is 60.1 cm³/mol. The summed E-state index contributed by atoms with van der Waals surface area (Å²) >= 11 is 0. The second-order valence-corrected chi connectivity index (χ2v) is 3.70. The molecule has 0 aromatic heterocycles. The molecule has 0 saturated heterocycles. The standard InChI is InChI=1S/C13H11F3O2/c14-13(15,16)12-8-4-7-11(18-12)9-17-10-5-2-1-3-6-10/h1-8,12H,9H2. The van der Waals surface area contributed by atoms with Crippen LogP contribution in [0.25, 0.3) is 0 Å². The highest BCUT2D eigenvalue weighted by Gasteiger charge is 2.41. The summed E-state index contributed by atoms with van der Waals surface area (Å²) in [4.78, 5) is 0. The predicted octanol–water partition coefficient (Wildman–Crippen LogP) is 3.47. The Morgan fingerprint density at radius 1 is 1.17 bits per heavy atom. The van der Waals surface area contributed by atoms with Crippen molar-refractivity contribution in [3.05, 3.63) is 54.3 Å². The Hall–Kier alpha value is -1.91. The van der Waals surface area contributed by atoms with Crippen molar-refractivity contribution in [3.8, 4) is 5.75 Å². The largest absolute Gasteiger partial charge is 0.486 e. The van der Waals surface area contributed by atoms with Crippen LogP contribution in [0.4, 0.5) is 13.2 Å². The first kappa shape index (κ1) is 12.5. The Bertz CT molecular complexity index is 449. The number of hydrogen-bond donors (Lipinski definition) is 0. The molecule has 0 aliphatic carbocycles. The van der Waals surface area contributed by atoms with Crippen molar-refractivity contribution in [2.75, 3.05) is 6.61 Å². The molecule has 1 aromatic carbocycles. The number of benzene rings is 1. The number of ether oxygens (including phenoxy) is 2. The van der Waals surface area contributed by atoms with Gasteiger partial charge in [-0.2, -0.15) is 13.2 Å². The monoisotopic (exact) mass is 256 g/mol. The van der Waals surface area contributed by atoms with Crippen LogP contribution in [0.3, 0.4) is 0 Å². The van der Waals surface area contributed by atoms with Gasteiger partial charge in [-0.25, -0.2) is 0 Å². The van der Waals surface area contributed by atoms with Crippen molar-refractivity contribution in [1.82, 2.24) is 0 Å². The maximum Gasteiger partial charge on any atom is 0.429 e. The third-order valence-electron chi connectivity index (χ3n) is 2.29. The number of rotatable bonds is 3. The first-order chi connectivity index (χ1) is 8.55. The number of hydrogen-bond acceptors (Lipinski definition) is 2. The summed E-state index contributed by atoms with van der Waals surface area (Å²) in [5, 5.41) is 0. The van der Waals surface area contributed by atoms with Crippen molar-refractivity contribution in [2.24, 2.45) is 0 Å². The summed E-state index contributed by atoms with van der Waals surface area (Å²) in [6, 6.07) is 8.83. The summed E-state index contributed by atoms with van der Waals surface area (Å²) in [6.45, 7) is -0.0269. The lowest BCUT2D eigenvalue weighted by atomic mass is 10.2. The van der Waals surface area contributed by atoms with Gasteiger partial charge in [-0.1, -0.05) is 24.3 Å². The Labute approximate surface area is 102 Å². The Morgan fingerprint density at radius 3 is 2.56 bits per heavy atom. The zero-order chi connectivity index (χ0) is 13.0. The van der Waals surface area contributed by atoms with Gasteiger partial charge in [0.25, 0.3) is 0 Å². The zero-order valence-electron chi connectivity index (χ0n) is 9.35. The summed E-state index contributed by atoms with van der Waals surface area (Å²) < 4.78 is 47.4. The molecule has 0 bridgehead atoms. The number of para-hydroxylation sites is 1. The lowest BCUT2D eigenvalue weighted by Crippen LogP contribution is -2.31. The third-order valence-corrected chi connectivity index (χ3v) is 2.29. The van der Waals surface area contributed by atoms with Crippen molar-refractivity contribution in [2.45, 2.75) is 12.3 Å². The van der Waals surface area contributed by atoms with E-state index in [-0.39, 0.29) is 12.4 Å². The molecule has 5 heteroatoms. The number of allylic oxidation sites excluding steroid dienone is 2. The van der Waals surface area contributed by atoms with E-state index in [0.29, 0.717) is 5.75 Å². The summed E-state index contributed by atoms with van der Waals surface area (Å²) in [6.07, 6.45) is -2.54. The minimum Gasteiger partial charge on any atom is -0.486 e. The molecule has 1 aliphatic rings. The van der Waals surface area contributed by atoms with Gasteiger partial charge in [-0.3, -0.25) is 0 Å². The van der Waals surface area contributed by atoms with Crippen LogP contribution >= 0.6 is 0 Å². The summed E-state index contributed by atoms with van der Waals surface area (Å²) in [5.74, 6) is 0.740. The molecule has 0 N–H and O–H groups in total. The molecule has 0 radical (unpaired) electrons. The van der Waals surface area contributed by atoms with Gasteiger partial charge in [-0.15, -0.1) is 0 Å². The first-order valence-corrected chi connectivity index (χ1v) is 5.34. The summed E-state index contributed by atoms with van der Waals surface area (Å²) in [7, 11) is 0. The molecule has 96 valence electrons. The van der Waals surface area contributed by atoms with Gasteiger partial charge in [0.1, 0.15) is 18.1 Å². The molecule has 0 spiro atoms. The maximum absolute atomic E-state index is 12.4. The van der Waals surface area contributed by atoms with Gasteiger partial charge in [0.05, 0.1) is 0 Å². The molecule has 2 nitrogen and oxygen atoms in total. The van der Waals surface area contributed by atoms with Gasteiger partial charge in [0, 0.05) is 0 Å².